The molecule has 0 aliphatic carbocycles. The monoisotopic (exact) mass is 476 g/mol. The number of carbonyl (C=O) groups is 3. The second-order valence-electron chi connectivity index (χ2n) is 9.39. The van der Waals surface area contributed by atoms with Crippen molar-refractivity contribution in [3.63, 3.8) is 0 Å². The predicted molar refractivity (Wildman–Crippen MR) is 129 cm³/mol. The van der Waals surface area contributed by atoms with E-state index in [0.29, 0.717) is 0 Å². The average molecular weight is 477 g/mol. The Labute approximate surface area is 197 Å². The minimum Gasteiger partial charge on any atom is -0.467 e. The van der Waals surface area contributed by atoms with Crippen LogP contribution in [0.2, 0.25) is 18.1 Å². The molecule has 1 rings (SSSR count). The fourth-order valence-corrected chi connectivity index (χ4v) is 3.37. The Bertz CT molecular complexity index is 868. The third kappa shape index (κ3) is 9.28. The van der Waals surface area contributed by atoms with Crippen molar-refractivity contribution in [1.29, 1.82) is 0 Å². The zero-order valence-electron chi connectivity index (χ0n) is 20.5. The molecule has 0 aliphatic heterocycles. The number of alkyl carbamates (subject to hydrolysis) is 1. The summed E-state index contributed by atoms with van der Waals surface area (Å²) in [7, 11) is -0.678. The van der Waals surface area contributed by atoms with Gasteiger partial charge in [-0.3, -0.25) is 4.79 Å². The molecule has 1 aromatic rings. The molecule has 9 heteroatoms. The number of nitrogens with one attached hydrogen (secondary N) is 2. The maximum Gasteiger partial charge on any atom is 0.408 e. The summed E-state index contributed by atoms with van der Waals surface area (Å²) < 4.78 is 9.90. The van der Waals surface area contributed by atoms with Gasteiger partial charge in [0.15, 0.2) is 0 Å². The van der Waals surface area contributed by atoms with Gasteiger partial charge in [0.1, 0.15) is 26.8 Å². The maximum absolute atomic E-state index is 12.8. The summed E-state index contributed by atoms with van der Waals surface area (Å²) in [6.45, 7) is 12.0. The largest absolute Gasteiger partial charge is 0.467 e. The molecule has 0 fully saturated rings. The van der Waals surface area contributed by atoms with E-state index < -0.39 is 44.2 Å². The third-order valence-electron chi connectivity index (χ3n) is 5.64. The van der Waals surface area contributed by atoms with Crippen molar-refractivity contribution in [2.75, 3.05) is 7.11 Å². The summed E-state index contributed by atoms with van der Waals surface area (Å²) >= 11 is 0. The van der Waals surface area contributed by atoms with Crippen LogP contribution in [0.5, 0.6) is 0 Å². The number of ether oxygens (including phenoxy) is 2. The van der Waals surface area contributed by atoms with Gasteiger partial charge < -0.3 is 25.2 Å². The molecule has 0 heterocycles. The molecule has 0 spiro atoms. The highest BCUT2D eigenvalue weighted by Gasteiger charge is 2.34. The summed E-state index contributed by atoms with van der Waals surface area (Å²) in [6, 6.07) is 6.67. The lowest BCUT2D eigenvalue weighted by atomic mass is 10.1. The summed E-state index contributed by atoms with van der Waals surface area (Å²) in [6.07, 6.45) is -2.05. The van der Waals surface area contributed by atoms with E-state index in [1.54, 1.807) is 12.1 Å². The van der Waals surface area contributed by atoms with Crippen molar-refractivity contribution in [2.24, 2.45) is 0 Å². The van der Waals surface area contributed by atoms with Gasteiger partial charge >= 0.3 is 12.1 Å². The molecule has 0 radical (unpaired) electrons. The Balaban J connectivity index is 2.83. The number of aliphatic hydroxyl groups is 1. The summed E-state index contributed by atoms with van der Waals surface area (Å²) in [5.74, 6) is 1.61. The maximum atomic E-state index is 12.8. The fourth-order valence-electron chi connectivity index (χ4n) is 2.46. The molecule has 2 amide bonds. The van der Waals surface area contributed by atoms with E-state index in [1.807, 2.05) is 18.2 Å². The number of hydrogen-bond acceptors (Lipinski definition) is 6. The molecule has 8 nitrogen and oxygen atoms in total. The van der Waals surface area contributed by atoms with Gasteiger partial charge in [-0.1, -0.05) is 64.2 Å². The first-order chi connectivity index (χ1) is 15.3. The molecular formula is C24H36N2O6Si. The highest BCUT2D eigenvalue weighted by atomic mass is 28.3. The van der Waals surface area contributed by atoms with Crippen LogP contribution in [-0.4, -0.2) is 56.4 Å². The van der Waals surface area contributed by atoms with Crippen LogP contribution in [-0.2, 0) is 25.7 Å². The van der Waals surface area contributed by atoms with Gasteiger partial charge in [0.2, 0.25) is 5.91 Å². The molecule has 0 aliphatic rings. The van der Waals surface area contributed by atoms with Crippen molar-refractivity contribution < 1.29 is 29.0 Å². The van der Waals surface area contributed by atoms with E-state index in [4.69, 9.17) is 9.47 Å². The van der Waals surface area contributed by atoms with Crippen LogP contribution in [0.3, 0.4) is 0 Å². The van der Waals surface area contributed by atoms with Crippen LogP contribution in [0.15, 0.2) is 30.3 Å². The minimum atomic E-state index is -1.89. The second kappa shape index (κ2) is 12.4. The van der Waals surface area contributed by atoms with E-state index in [2.05, 4.69) is 56.0 Å². The van der Waals surface area contributed by atoms with Crippen LogP contribution in [0.25, 0.3) is 0 Å². The minimum absolute atomic E-state index is 0.00858. The zero-order chi connectivity index (χ0) is 25.2. The number of methoxy groups -OCH3 is 1. The zero-order valence-corrected chi connectivity index (χ0v) is 21.5. The third-order valence-corrected chi connectivity index (χ3v) is 10.2. The molecule has 33 heavy (non-hydrogen) atoms. The van der Waals surface area contributed by atoms with Gasteiger partial charge in [0.25, 0.3) is 0 Å². The number of amides is 2. The van der Waals surface area contributed by atoms with Gasteiger partial charge in [-0.15, -0.1) is 11.5 Å². The number of hydrogen-bond donors (Lipinski definition) is 3. The first-order valence-corrected chi connectivity index (χ1v) is 13.8. The van der Waals surface area contributed by atoms with Crippen LogP contribution in [0.1, 0.15) is 39.7 Å². The van der Waals surface area contributed by atoms with E-state index in [9.17, 15) is 19.5 Å². The smallest absolute Gasteiger partial charge is 0.408 e. The van der Waals surface area contributed by atoms with Gasteiger partial charge in [0, 0.05) is 6.42 Å². The van der Waals surface area contributed by atoms with E-state index in [-0.39, 0.29) is 18.1 Å². The van der Waals surface area contributed by atoms with Crippen molar-refractivity contribution in [1.82, 2.24) is 10.6 Å². The number of aliphatic hydroxyl groups excluding tert-OH is 1. The molecule has 182 valence electrons. The van der Waals surface area contributed by atoms with E-state index in [0.717, 1.165) is 5.56 Å². The van der Waals surface area contributed by atoms with Crippen molar-refractivity contribution >= 4 is 26.0 Å². The fraction of sp³-hybridized carbons (Fsp3) is 0.542. The van der Waals surface area contributed by atoms with E-state index in [1.165, 1.54) is 14.0 Å². The molecule has 3 atom stereocenters. The molecular weight excluding hydrogens is 440 g/mol. The Morgan fingerprint density at radius 2 is 1.73 bits per heavy atom. The Morgan fingerprint density at radius 3 is 2.24 bits per heavy atom. The summed E-state index contributed by atoms with van der Waals surface area (Å²) in [5.41, 5.74) is 4.06. The number of rotatable bonds is 8. The second-order valence-corrected chi connectivity index (χ2v) is 14.4. The normalized spacial score (nSPS) is 14.1. The molecule has 0 saturated carbocycles. The summed E-state index contributed by atoms with van der Waals surface area (Å²) in [5, 5.41) is 14.9. The number of esters is 1. The standard InChI is InChI=1S/C24H36N2O6Si/c1-17(27)20(26-23(30)32-16-18-12-9-8-10-13-18)21(28)25-19(22(29)31-5)14-11-15-33(6,7)24(2,3)4/h8-10,12-13,17,19-20,27H,14,16H2,1-7H3,(H,25,28)(H,26,30)/t17-,19-,20+/m1/s1. The van der Waals surface area contributed by atoms with Gasteiger partial charge in [0.05, 0.1) is 13.2 Å². The molecule has 0 aromatic heterocycles. The molecule has 0 bridgehead atoms. The number of benzene rings is 1. The molecule has 0 unspecified atom stereocenters. The van der Waals surface area contributed by atoms with Gasteiger partial charge in [-0.2, -0.15) is 0 Å². The highest BCUT2D eigenvalue weighted by Crippen LogP contribution is 2.35. The molecule has 3 N–H and O–H groups in total. The molecule has 0 saturated heterocycles. The lowest BCUT2D eigenvalue weighted by Gasteiger charge is -2.31. The Morgan fingerprint density at radius 1 is 1.12 bits per heavy atom. The van der Waals surface area contributed by atoms with Crippen molar-refractivity contribution in [2.45, 2.75) is 77.0 Å². The SMILES string of the molecule is COC(=O)[C@@H](CC#C[Si](C)(C)C(C)(C)C)NC(=O)[C@@H](NC(=O)OCc1ccccc1)[C@@H](C)O. The van der Waals surface area contributed by atoms with Gasteiger partial charge in [-0.25, -0.2) is 9.59 Å². The van der Waals surface area contributed by atoms with Crippen molar-refractivity contribution in [3.05, 3.63) is 35.9 Å². The first-order valence-electron chi connectivity index (χ1n) is 10.8. The van der Waals surface area contributed by atoms with Crippen LogP contribution >= 0.6 is 0 Å². The van der Waals surface area contributed by atoms with Crippen LogP contribution in [0, 0.1) is 11.5 Å². The molecule has 1 aromatic carbocycles. The Hall–Kier alpha value is -2.83. The summed E-state index contributed by atoms with van der Waals surface area (Å²) in [4.78, 5) is 37.1. The lowest BCUT2D eigenvalue weighted by molar-refractivity contribution is -0.145. The van der Waals surface area contributed by atoms with Crippen LogP contribution < -0.4 is 10.6 Å². The Kier molecular flexibility index (Phi) is 10.6. The topological polar surface area (TPSA) is 114 Å². The lowest BCUT2D eigenvalue weighted by Crippen LogP contribution is -2.55. The van der Waals surface area contributed by atoms with Gasteiger partial charge in [-0.05, 0) is 17.5 Å². The predicted octanol–water partition coefficient (Wildman–Crippen LogP) is 2.76. The number of carbonyl (C=O) groups excluding carboxylic acids is 3. The average Bonchev–Trinajstić information content (AvgIpc) is 2.74. The van der Waals surface area contributed by atoms with Crippen LogP contribution in [0.4, 0.5) is 4.79 Å². The highest BCUT2D eigenvalue weighted by molar-refractivity contribution is 6.87. The van der Waals surface area contributed by atoms with Crippen molar-refractivity contribution in [3.8, 4) is 11.5 Å². The quantitative estimate of drug-likeness (QED) is 0.302. The first kappa shape index (κ1) is 28.2. The van der Waals surface area contributed by atoms with E-state index >= 15 is 0 Å².